The van der Waals surface area contributed by atoms with Crippen LogP contribution in [-0.2, 0) is 6.54 Å². The second kappa shape index (κ2) is 7.01. The molecule has 0 amide bonds. The molecule has 1 aliphatic carbocycles. The highest BCUT2D eigenvalue weighted by Gasteiger charge is 2.52. The van der Waals surface area contributed by atoms with Crippen LogP contribution in [-0.4, -0.2) is 17.0 Å². The van der Waals surface area contributed by atoms with Crippen molar-refractivity contribution in [3.63, 3.8) is 0 Å². The average Bonchev–Trinajstić information content (AvgIpc) is 3.27. The van der Waals surface area contributed by atoms with Crippen LogP contribution in [0.25, 0.3) is 0 Å². The van der Waals surface area contributed by atoms with Crippen LogP contribution in [0.2, 0.25) is 0 Å². The zero-order chi connectivity index (χ0) is 17.1. The quantitative estimate of drug-likeness (QED) is 0.434. The van der Waals surface area contributed by atoms with Crippen molar-refractivity contribution in [1.82, 2.24) is 15.6 Å². The Morgan fingerprint density at radius 2 is 2.00 bits per heavy atom. The summed E-state index contributed by atoms with van der Waals surface area (Å²) in [6.45, 7) is 9.35. The molecule has 1 heterocycles. The van der Waals surface area contributed by atoms with E-state index >= 15 is 0 Å². The van der Waals surface area contributed by atoms with Crippen LogP contribution in [0.15, 0.2) is 66.8 Å². The van der Waals surface area contributed by atoms with Gasteiger partial charge in [-0.3, -0.25) is 5.84 Å². The van der Waals surface area contributed by atoms with Crippen molar-refractivity contribution in [2.75, 3.05) is 0 Å². The first-order valence-corrected chi connectivity index (χ1v) is 8.44. The molecule has 1 saturated carbocycles. The number of piperidine rings is 1. The number of likely N-dealkylation sites (tertiary alicyclic amines) is 1. The SMILES string of the molecule is C=C(NCc1ccccc1)C1CC2CC2N1C(=C)C/C(=C/N)NN. The van der Waals surface area contributed by atoms with Crippen LogP contribution >= 0.6 is 0 Å². The van der Waals surface area contributed by atoms with E-state index in [1.165, 1.54) is 18.2 Å². The minimum absolute atomic E-state index is 0.293. The normalized spacial score (nSPS) is 25.1. The van der Waals surface area contributed by atoms with Crippen LogP contribution in [0.5, 0.6) is 0 Å². The Labute approximate surface area is 144 Å². The van der Waals surface area contributed by atoms with Gasteiger partial charge in [-0.25, -0.2) is 0 Å². The lowest BCUT2D eigenvalue weighted by molar-refractivity contribution is 0.294. The molecule has 0 bridgehead atoms. The van der Waals surface area contributed by atoms with Crippen molar-refractivity contribution in [2.45, 2.75) is 37.9 Å². The molecular weight excluding hydrogens is 298 g/mol. The number of hydrogen-bond acceptors (Lipinski definition) is 5. The van der Waals surface area contributed by atoms with E-state index in [0.717, 1.165) is 36.0 Å². The van der Waals surface area contributed by atoms with Gasteiger partial charge in [0.15, 0.2) is 0 Å². The summed E-state index contributed by atoms with van der Waals surface area (Å²) < 4.78 is 0. The number of nitrogens with zero attached hydrogens (tertiary/aromatic N) is 1. The monoisotopic (exact) mass is 325 g/mol. The molecule has 1 aliphatic heterocycles. The van der Waals surface area contributed by atoms with Crippen LogP contribution in [0, 0.1) is 5.92 Å². The number of hydrogen-bond donors (Lipinski definition) is 4. The smallest absolute Gasteiger partial charge is 0.0686 e. The molecule has 3 unspecified atom stereocenters. The summed E-state index contributed by atoms with van der Waals surface area (Å²) >= 11 is 0. The number of nitrogens with one attached hydrogen (secondary N) is 2. The van der Waals surface area contributed by atoms with Crippen LogP contribution in [0.3, 0.4) is 0 Å². The fraction of sp³-hybridized carbons (Fsp3) is 0.368. The zero-order valence-electron chi connectivity index (χ0n) is 14.0. The highest BCUT2D eigenvalue weighted by molar-refractivity contribution is 5.25. The largest absolute Gasteiger partial charge is 0.403 e. The topological polar surface area (TPSA) is 79.3 Å². The van der Waals surface area contributed by atoms with Gasteiger partial charge in [0, 0.05) is 42.3 Å². The molecule has 3 rings (SSSR count). The van der Waals surface area contributed by atoms with E-state index in [4.69, 9.17) is 11.6 Å². The second-order valence-electron chi connectivity index (χ2n) is 6.67. The van der Waals surface area contributed by atoms with Gasteiger partial charge in [-0.05, 0) is 24.3 Å². The molecule has 0 radical (unpaired) electrons. The molecule has 6 N–H and O–H groups in total. The Kier molecular flexibility index (Phi) is 4.81. The molecule has 2 aliphatic rings. The van der Waals surface area contributed by atoms with E-state index in [2.05, 4.69) is 53.1 Å². The lowest BCUT2D eigenvalue weighted by Gasteiger charge is -2.33. The van der Waals surface area contributed by atoms with E-state index in [-0.39, 0.29) is 0 Å². The van der Waals surface area contributed by atoms with Crippen molar-refractivity contribution in [3.05, 3.63) is 72.3 Å². The average molecular weight is 325 g/mol. The first-order chi connectivity index (χ1) is 11.6. The van der Waals surface area contributed by atoms with Crippen molar-refractivity contribution in [3.8, 4) is 0 Å². The Bertz CT molecular complexity index is 636. The lowest BCUT2D eigenvalue weighted by atomic mass is 10.1. The zero-order valence-corrected chi connectivity index (χ0v) is 14.0. The molecular formula is C19H27N5. The molecule has 5 nitrogen and oxygen atoms in total. The summed E-state index contributed by atoms with van der Waals surface area (Å²) in [5, 5.41) is 3.49. The van der Waals surface area contributed by atoms with Gasteiger partial charge in [0.2, 0.25) is 0 Å². The molecule has 0 spiro atoms. The predicted octanol–water partition coefficient (Wildman–Crippen LogP) is 1.92. The summed E-state index contributed by atoms with van der Waals surface area (Å²) in [5.74, 6) is 6.26. The third-order valence-electron chi connectivity index (χ3n) is 5.02. The number of nitrogens with two attached hydrogens (primary N) is 2. The third-order valence-corrected chi connectivity index (χ3v) is 5.02. The highest BCUT2D eigenvalue weighted by Crippen LogP contribution is 2.51. The summed E-state index contributed by atoms with van der Waals surface area (Å²) in [6, 6.07) is 11.3. The highest BCUT2D eigenvalue weighted by atomic mass is 15.3. The maximum atomic E-state index is 5.59. The molecule has 128 valence electrons. The fourth-order valence-electron chi connectivity index (χ4n) is 3.62. The van der Waals surface area contributed by atoms with E-state index < -0.39 is 0 Å². The van der Waals surface area contributed by atoms with Gasteiger partial charge in [-0.1, -0.05) is 43.5 Å². The summed E-state index contributed by atoms with van der Waals surface area (Å²) in [4.78, 5) is 2.41. The Morgan fingerprint density at radius 3 is 2.67 bits per heavy atom. The van der Waals surface area contributed by atoms with Crippen molar-refractivity contribution in [2.24, 2.45) is 17.5 Å². The third kappa shape index (κ3) is 3.41. The minimum atomic E-state index is 0.293. The van der Waals surface area contributed by atoms with Gasteiger partial charge in [-0.2, -0.15) is 0 Å². The molecule has 1 aromatic rings. The molecule has 0 aromatic heterocycles. The van der Waals surface area contributed by atoms with Gasteiger partial charge in [0.25, 0.3) is 0 Å². The number of rotatable bonds is 8. The van der Waals surface area contributed by atoms with Crippen molar-refractivity contribution < 1.29 is 0 Å². The molecule has 24 heavy (non-hydrogen) atoms. The van der Waals surface area contributed by atoms with Crippen molar-refractivity contribution >= 4 is 0 Å². The lowest BCUT2D eigenvalue weighted by Crippen LogP contribution is -2.38. The Balaban J connectivity index is 1.61. The predicted molar refractivity (Wildman–Crippen MR) is 97.9 cm³/mol. The summed E-state index contributed by atoms with van der Waals surface area (Å²) in [5.41, 5.74) is 12.4. The number of benzene rings is 1. The van der Waals surface area contributed by atoms with Gasteiger partial charge in [0.1, 0.15) is 0 Å². The van der Waals surface area contributed by atoms with Gasteiger partial charge < -0.3 is 21.4 Å². The van der Waals surface area contributed by atoms with Gasteiger partial charge in [0.05, 0.1) is 6.04 Å². The first-order valence-electron chi connectivity index (χ1n) is 8.44. The standard InChI is InChI=1S/C19H27N5/c1-13(8-17(11-20)23-21)24-18(9-16-10-19(16)24)14(2)22-12-15-6-4-3-5-7-15/h3-7,11,16,18-19,22-23H,1-2,8-10,12,20-21H2/b17-11-. The van der Waals surface area contributed by atoms with Crippen LogP contribution in [0.1, 0.15) is 24.8 Å². The van der Waals surface area contributed by atoms with Crippen LogP contribution in [0.4, 0.5) is 0 Å². The molecule has 3 atom stereocenters. The minimum Gasteiger partial charge on any atom is -0.403 e. The molecule has 1 saturated heterocycles. The molecule has 2 fully saturated rings. The summed E-state index contributed by atoms with van der Waals surface area (Å²) in [6.07, 6.45) is 4.53. The van der Waals surface area contributed by atoms with E-state index in [1.807, 2.05) is 6.07 Å². The van der Waals surface area contributed by atoms with Gasteiger partial charge in [-0.15, -0.1) is 0 Å². The number of hydrazine groups is 1. The van der Waals surface area contributed by atoms with E-state index in [1.54, 1.807) is 0 Å². The second-order valence-corrected chi connectivity index (χ2v) is 6.67. The molecule has 1 aromatic carbocycles. The van der Waals surface area contributed by atoms with Crippen molar-refractivity contribution in [1.29, 1.82) is 0 Å². The maximum absolute atomic E-state index is 5.59. The number of fused-ring (bicyclic) bond motifs is 1. The first kappa shape index (κ1) is 16.5. The Morgan fingerprint density at radius 1 is 1.25 bits per heavy atom. The fourth-order valence-corrected chi connectivity index (χ4v) is 3.62. The summed E-state index contributed by atoms with van der Waals surface area (Å²) in [7, 11) is 0. The van der Waals surface area contributed by atoms with E-state index in [9.17, 15) is 0 Å². The van der Waals surface area contributed by atoms with E-state index in [0.29, 0.717) is 18.5 Å². The van der Waals surface area contributed by atoms with Crippen LogP contribution < -0.4 is 22.3 Å². The Hall–Kier alpha value is -2.40. The molecule has 5 heteroatoms. The maximum Gasteiger partial charge on any atom is 0.0686 e. The van der Waals surface area contributed by atoms with Gasteiger partial charge >= 0.3 is 0 Å².